The third kappa shape index (κ3) is 4.68. The number of hydrogen-bond acceptors (Lipinski definition) is 3. The van der Waals surface area contributed by atoms with E-state index in [1.807, 2.05) is 0 Å². The summed E-state index contributed by atoms with van der Waals surface area (Å²) in [4.78, 5) is 12.4. The lowest BCUT2D eigenvalue weighted by atomic mass is 10.1. The van der Waals surface area contributed by atoms with Gasteiger partial charge in [0.05, 0.1) is 10.6 Å². The predicted octanol–water partition coefficient (Wildman–Crippen LogP) is 7.91. The van der Waals surface area contributed by atoms with Crippen LogP contribution in [0.15, 0.2) is 81.6 Å². The molecule has 8 heteroatoms. The van der Waals surface area contributed by atoms with Crippen LogP contribution in [0.4, 0.5) is 17.6 Å². The summed E-state index contributed by atoms with van der Waals surface area (Å²) in [6.07, 6.45) is -1.94. The van der Waals surface area contributed by atoms with Gasteiger partial charge in [-0.1, -0.05) is 11.6 Å². The number of rotatable bonds is 5. The normalized spacial score (nSPS) is 11.9. The maximum atomic E-state index is 13.0. The van der Waals surface area contributed by atoms with Crippen LogP contribution in [0.25, 0.3) is 28.7 Å². The Kier molecular flexibility index (Phi) is 5.76. The molecule has 2 heterocycles. The van der Waals surface area contributed by atoms with Gasteiger partial charge >= 0.3 is 6.18 Å². The molecule has 4 rings (SSSR count). The van der Waals surface area contributed by atoms with E-state index in [4.69, 9.17) is 20.4 Å². The van der Waals surface area contributed by atoms with Crippen molar-refractivity contribution in [2.45, 2.75) is 6.18 Å². The summed E-state index contributed by atoms with van der Waals surface area (Å²) < 4.78 is 63.0. The highest BCUT2D eigenvalue weighted by Gasteiger charge is 2.31. The zero-order chi connectivity index (χ0) is 22.9. The lowest BCUT2D eigenvalue weighted by molar-refractivity contribution is -0.137. The Bertz CT molecular complexity index is 1300. The van der Waals surface area contributed by atoms with Gasteiger partial charge in [-0.2, -0.15) is 13.2 Å². The van der Waals surface area contributed by atoms with Crippen LogP contribution >= 0.6 is 11.6 Å². The Hall–Kier alpha value is -3.58. The summed E-state index contributed by atoms with van der Waals surface area (Å²) >= 11 is 6.03. The van der Waals surface area contributed by atoms with E-state index in [0.29, 0.717) is 11.3 Å². The number of ketones is 1. The minimum atomic E-state index is -4.52. The molecule has 0 amide bonds. The maximum absolute atomic E-state index is 13.0. The van der Waals surface area contributed by atoms with E-state index in [-0.39, 0.29) is 33.7 Å². The second-order valence-electron chi connectivity index (χ2n) is 6.76. The molecule has 2 aromatic heterocycles. The Balaban J connectivity index is 1.51. The molecule has 0 N–H and O–H groups in total. The van der Waals surface area contributed by atoms with Crippen molar-refractivity contribution in [3.8, 4) is 22.6 Å². The Morgan fingerprint density at radius 2 is 1.59 bits per heavy atom. The molecule has 0 spiro atoms. The SMILES string of the molecule is O=C(/C=C/c1ccc(-c2cc(C(F)(F)F)ccc2Cl)o1)c1ccc(-c2ccc(F)cc2)o1. The average Bonchev–Trinajstić information content (AvgIpc) is 3.42. The van der Waals surface area contributed by atoms with Gasteiger partial charge in [-0.05, 0) is 78.9 Å². The minimum Gasteiger partial charge on any atom is -0.457 e. The van der Waals surface area contributed by atoms with Gasteiger partial charge in [-0.3, -0.25) is 4.79 Å². The first-order valence-corrected chi connectivity index (χ1v) is 9.63. The van der Waals surface area contributed by atoms with Crippen LogP contribution in [0, 0.1) is 5.82 Å². The Morgan fingerprint density at radius 1 is 0.875 bits per heavy atom. The number of benzene rings is 2. The number of halogens is 5. The van der Waals surface area contributed by atoms with Crippen molar-refractivity contribution < 1.29 is 31.2 Å². The number of carbonyl (C=O) groups is 1. The van der Waals surface area contributed by atoms with Crippen molar-refractivity contribution in [3.63, 3.8) is 0 Å². The first-order chi connectivity index (χ1) is 15.2. The molecule has 2 aromatic carbocycles. The van der Waals surface area contributed by atoms with E-state index in [9.17, 15) is 22.4 Å². The lowest BCUT2D eigenvalue weighted by Crippen LogP contribution is -2.04. The molecule has 0 radical (unpaired) electrons. The molecule has 0 fully saturated rings. The first-order valence-electron chi connectivity index (χ1n) is 9.26. The van der Waals surface area contributed by atoms with Crippen LogP contribution in [0.3, 0.4) is 0 Å². The fourth-order valence-corrected chi connectivity index (χ4v) is 3.17. The van der Waals surface area contributed by atoms with Gasteiger partial charge in [-0.15, -0.1) is 0 Å². The van der Waals surface area contributed by atoms with E-state index in [0.717, 1.165) is 18.2 Å². The largest absolute Gasteiger partial charge is 0.457 e. The Morgan fingerprint density at radius 3 is 2.31 bits per heavy atom. The number of allylic oxidation sites excluding steroid dienone is 1. The van der Waals surface area contributed by atoms with Crippen molar-refractivity contribution in [1.82, 2.24) is 0 Å². The summed E-state index contributed by atoms with van der Waals surface area (Å²) in [5.41, 5.74) is -0.152. The van der Waals surface area contributed by atoms with E-state index in [2.05, 4.69) is 0 Å². The molecule has 0 atom stereocenters. The fourth-order valence-electron chi connectivity index (χ4n) is 2.96. The minimum absolute atomic E-state index is 0.0632. The fraction of sp³-hybridized carbons (Fsp3) is 0.0417. The molecule has 0 unspecified atom stereocenters. The van der Waals surface area contributed by atoms with E-state index >= 15 is 0 Å². The van der Waals surface area contributed by atoms with Crippen LogP contribution in [-0.4, -0.2) is 5.78 Å². The standard InChI is InChI=1S/C24H13ClF4O3/c25-19-8-3-15(24(27,28)29)13-18(19)22-10-7-17(31-22)6-9-20(30)23-12-11-21(32-23)14-1-4-16(26)5-2-14/h1-13H/b9-6+. The molecule has 0 bridgehead atoms. The second kappa shape index (κ2) is 8.51. The molecular weight excluding hydrogens is 448 g/mol. The monoisotopic (exact) mass is 460 g/mol. The topological polar surface area (TPSA) is 43.4 Å². The average molecular weight is 461 g/mol. The summed E-state index contributed by atoms with van der Waals surface area (Å²) in [6, 6.07) is 14.6. The number of carbonyl (C=O) groups excluding carboxylic acids is 1. The van der Waals surface area contributed by atoms with E-state index in [1.54, 1.807) is 6.07 Å². The second-order valence-corrected chi connectivity index (χ2v) is 7.17. The molecule has 0 saturated heterocycles. The Labute approximate surface area is 184 Å². The van der Waals surface area contributed by atoms with Crippen LogP contribution in [0.5, 0.6) is 0 Å². The number of hydrogen-bond donors (Lipinski definition) is 0. The maximum Gasteiger partial charge on any atom is 0.416 e. The van der Waals surface area contributed by atoms with Crippen molar-refractivity contribution in [2.24, 2.45) is 0 Å². The molecule has 0 aliphatic heterocycles. The molecule has 0 saturated carbocycles. The highest BCUT2D eigenvalue weighted by molar-refractivity contribution is 6.33. The number of furan rings is 2. The van der Waals surface area contributed by atoms with Gasteiger partial charge < -0.3 is 8.83 Å². The highest BCUT2D eigenvalue weighted by atomic mass is 35.5. The van der Waals surface area contributed by atoms with Crippen molar-refractivity contribution in [1.29, 1.82) is 0 Å². The van der Waals surface area contributed by atoms with Crippen molar-refractivity contribution in [2.75, 3.05) is 0 Å². The molecule has 4 aromatic rings. The quantitative estimate of drug-likeness (QED) is 0.173. The van der Waals surface area contributed by atoms with Gasteiger partial charge in [-0.25, -0.2) is 4.39 Å². The van der Waals surface area contributed by atoms with Crippen LogP contribution < -0.4 is 0 Å². The van der Waals surface area contributed by atoms with Crippen molar-refractivity contribution >= 4 is 23.5 Å². The predicted molar refractivity (Wildman–Crippen MR) is 112 cm³/mol. The molecule has 3 nitrogen and oxygen atoms in total. The summed E-state index contributed by atoms with van der Waals surface area (Å²) in [7, 11) is 0. The zero-order valence-corrected chi connectivity index (χ0v) is 16.9. The molecule has 0 aliphatic rings. The van der Waals surface area contributed by atoms with Crippen LogP contribution in [-0.2, 0) is 6.18 Å². The molecule has 0 aliphatic carbocycles. The van der Waals surface area contributed by atoms with Gasteiger partial charge in [0.2, 0.25) is 5.78 Å². The summed E-state index contributed by atoms with van der Waals surface area (Å²) in [6.45, 7) is 0. The molecule has 32 heavy (non-hydrogen) atoms. The van der Waals surface area contributed by atoms with E-state index in [1.165, 1.54) is 54.6 Å². The van der Waals surface area contributed by atoms with Gasteiger partial charge in [0.25, 0.3) is 0 Å². The summed E-state index contributed by atoms with van der Waals surface area (Å²) in [5, 5.41) is 0.0999. The first kappa shape index (κ1) is 21.6. The van der Waals surface area contributed by atoms with E-state index < -0.39 is 17.5 Å². The summed E-state index contributed by atoms with van der Waals surface area (Å²) in [5.74, 6) is 0.00336. The van der Waals surface area contributed by atoms with Crippen molar-refractivity contribution in [3.05, 3.63) is 101 Å². The molecular formula is C24H13ClF4O3. The smallest absolute Gasteiger partial charge is 0.416 e. The van der Waals surface area contributed by atoms with Crippen LogP contribution in [0.1, 0.15) is 21.9 Å². The van der Waals surface area contributed by atoms with Gasteiger partial charge in [0.1, 0.15) is 23.1 Å². The third-order valence-corrected chi connectivity index (χ3v) is 4.89. The lowest BCUT2D eigenvalue weighted by Gasteiger charge is -2.09. The third-order valence-electron chi connectivity index (χ3n) is 4.56. The zero-order valence-electron chi connectivity index (χ0n) is 16.1. The van der Waals surface area contributed by atoms with Crippen LogP contribution in [0.2, 0.25) is 5.02 Å². The highest BCUT2D eigenvalue weighted by Crippen LogP contribution is 2.36. The molecule has 162 valence electrons. The van der Waals surface area contributed by atoms with Gasteiger partial charge in [0, 0.05) is 11.1 Å². The van der Waals surface area contributed by atoms with Gasteiger partial charge in [0.15, 0.2) is 5.76 Å². The number of alkyl halides is 3.